The Morgan fingerprint density at radius 2 is 2.07 bits per heavy atom. The van der Waals surface area contributed by atoms with Crippen molar-refractivity contribution >= 4 is 11.0 Å². The number of pyridine rings is 2. The van der Waals surface area contributed by atoms with Crippen LogP contribution < -0.4 is 15.6 Å². The molecule has 0 radical (unpaired) electrons. The lowest BCUT2D eigenvalue weighted by Crippen LogP contribution is -2.26. The summed E-state index contributed by atoms with van der Waals surface area (Å²) in [5, 5.41) is 18.9. The maximum atomic E-state index is 12.2. The van der Waals surface area contributed by atoms with Crippen molar-refractivity contribution in [3.05, 3.63) is 51.1 Å². The fraction of sp³-hybridized carbons (Fsp3) is 0.421. The molecule has 0 amide bonds. The van der Waals surface area contributed by atoms with Crippen LogP contribution in [0.3, 0.4) is 0 Å². The van der Waals surface area contributed by atoms with Crippen molar-refractivity contribution in [2.75, 3.05) is 7.11 Å². The molecule has 3 aromatic heterocycles. The average Bonchev–Trinajstić information content (AvgIpc) is 3.03. The molecule has 144 valence electrons. The summed E-state index contributed by atoms with van der Waals surface area (Å²) in [4.78, 5) is 19.4. The van der Waals surface area contributed by atoms with E-state index in [9.17, 15) is 9.90 Å². The number of aliphatic hydroxyl groups is 1. The van der Waals surface area contributed by atoms with Crippen LogP contribution in [0.4, 0.5) is 0 Å². The van der Waals surface area contributed by atoms with Gasteiger partial charge in [-0.15, -0.1) is 0 Å². The first-order valence-corrected chi connectivity index (χ1v) is 8.84. The summed E-state index contributed by atoms with van der Waals surface area (Å²) >= 11 is 0. The zero-order valence-electron chi connectivity index (χ0n) is 16.2. The molecule has 1 unspecified atom stereocenters. The predicted molar refractivity (Wildman–Crippen MR) is 103 cm³/mol. The third-order valence-corrected chi connectivity index (χ3v) is 4.53. The van der Waals surface area contributed by atoms with Crippen LogP contribution in [0.15, 0.2) is 23.1 Å². The fourth-order valence-electron chi connectivity index (χ4n) is 3.14. The van der Waals surface area contributed by atoms with Gasteiger partial charge in [0.2, 0.25) is 5.88 Å². The first kappa shape index (κ1) is 19.1. The lowest BCUT2D eigenvalue weighted by molar-refractivity contribution is 0.138. The van der Waals surface area contributed by atoms with Crippen LogP contribution in [0.1, 0.15) is 48.5 Å². The molecule has 0 bridgehead atoms. The minimum absolute atomic E-state index is 0.119. The molecule has 3 N–H and O–H groups in total. The molecule has 0 aromatic carbocycles. The minimum atomic E-state index is -1.01. The van der Waals surface area contributed by atoms with Gasteiger partial charge in [0.1, 0.15) is 6.23 Å². The monoisotopic (exact) mass is 371 g/mol. The van der Waals surface area contributed by atoms with Crippen LogP contribution in [0.2, 0.25) is 0 Å². The Morgan fingerprint density at radius 3 is 2.70 bits per heavy atom. The maximum Gasteiger partial charge on any atom is 0.252 e. The Balaban J connectivity index is 1.94. The Hall–Kier alpha value is -2.71. The first-order chi connectivity index (χ1) is 12.8. The summed E-state index contributed by atoms with van der Waals surface area (Å²) in [5.41, 5.74) is 3.37. The van der Waals surface area contributed by atoms with Gasteiger partial charge in [0.25, 0.3) is 5.56 Å². The van der Waals surface area contributed by atoms with E-state index in [-0.39, 0.29) is 18.1 Å². The maximum absolute atomic E-state index is 12.2. The van der Waals surface area contributed by atoms with E-state index in [0.29, 0.717) is 22.7 Å². The molecule has 27 heavy (non-hydrogen) atoms. The quantitative estimate of drug-likeness (QED) is 0.573. The number of nitrogens with zero attached hydrogens (tertiary/aromatic N) is 3. The number of aryl methyl sites for hydroxylation is 2. The van der Waals surface area contributed by atoms with Crippen LogP contribution in [0.25, 0.3) is 11.0 Å². The van der Waals surface area contributed by atoms with Gasteiger partial charge in [-0.05, 0) is 39.3 Å². The zero-order valence-corrected chi connectivity index (χ0v) is 16.2. The summed E-state index contributed by atoms with van der Waals surface area (Å²) in [7, 11) is 1.53. The van der Waals surface area contributed by atoms with Crippen LogP contribution in [-0.4, -0.2) is 32.0 Å². The number of aromatic nitrogens is 4. The second-order valence-corrected chi connectivity index (χ2v) is 6.90. The van der Waals surface area contributed by atoms with Crippen molar-refractivity contribution in [3.63, 3.8) is 0 Å². The Kier molecular flexibility index (Phi) is 5.29. The van der Waals surface area contributed by atoms with E-state index in [1.807, 2.05) is 33.8 Å². The molecule has 8 heteroatoms. The minimum Gasteiger partial charge on any atom is -0.481 e. The third-order valence-electron chi connectivity index (χ3n) is 4.53. The highest BCUT2D eigenvalue weighted by Gasteiger charge is 2.19. The average molecular weight is 371 g/mol. The van der Waals surface area contributed by atoms with Gasteiger partial charge in [0, 0.05) is 40.9 Å². The number of hydrogen-bond donors (Lipinski definition) is 3. The molecule has 0 fully saturated rings. The summed E-state index contributed by atoms with van der Waals surface area (Å²) < 4.78 is 7.07. The van der Waals surface area contributed by atoms with Gasteiger partial charge in [0.15, 0.2) is 5.65 Å². The van der Waals surface area contributed by atoms with Gasteiger partial charge < -0.3 is 14.8 Å². The van der Waals surface area contributed by atoms with Crippen molar-refractivity contribution < 1.29 is 9.84 Å². The van der Waals surface area contributed by atoms with E-state index in [4.69, 9.17) is 4.74 Å². The lowest BCUT2D eigenvalue weighted by Gasteiger charge is -2.16. The van der Waals surface area contributed by atoms with E-state index in [1.165, 1.54) is 7.11 Å². The Labute approximate surface area is 157 Å². The van der Waals surface area contributed by atoms with E-state index < -0.39 is 6.23 Å². The highest BCUT2D eigenvalue weighted by molar-refractivity contribution is 5.80. The zero-order chi connectivity index (χ0) is 19.7. The van der Waals surface area contributed by atoms with Crippen molar-refractivity contribution in [2.45, 2.75) is 46.5 Å². The molecule has 3 aromatic rings. The molecule has 0 aliphatic heterocycles. The number of aromatic amines is 1. The largest absolute Gasteiger partial charge is 0.481 e. The number of nitrogens with one attached hydrogen (secondary N) is 2. The molecule has 3 rings (SSSR count). The van der Waals surface area contributed by atoms with Gasteiger partial charge in [-0.3, -0.25) is 10.1 Å². The third kappa shape index (κ3) is 3.72. The Morgan fingerprint density at radius 1 is 1.33 bits per heavy atom. The standard InChI is InChI=1S/C19H25N5O3/c1-10(2)24-17-15(9-21-24)13(7-16(23-17)27-5)18(25)20-8-14-11(3)6-12(4)22-19(14)26/h6-7,9-10,18,20,25H,8H2,1-5H3,(H,22,26). The number of H-pyrrole nitrogens is 1. The number of rotatable bonds is 6. The highest BCUT2D eigenvalue weighted by Crippen LogP contribution is 2.27. The SMILES string of the molecule is COc1cc(C(O)NCc2c(C)cc(C)[nH]c2=O)c2cnn(C(C)C)c2n1. The summed E-state index contributed by atoms with van der Waals surface area (Å²) in [6.45, 7) is 7.97. The van der Waals surface area contributed by atoms with Crippen LogP contribution in [0, 0.1) is 13.8 Å². The number of hydrogen-bond acceptors (Lipinski definition) is 6. The van der Waals surface area contributed by atoms with E-state index in [1.54, 1.807) is 16.9 Å². The second kappa shape index (κ2) is 7.50. The van der Waals surface area contributed by atoms with Gasteiger partial charge in [-0.1, -0.05) is 0 Å². The summed E-state index contributed by atoms with van der Waals surface area (Å²) in [6.07, 6.45) is 0.681. The van der Waals surface area contributed by atoms with Crippen LogP contribution in [0.5, 0.6) is 5.88 Å². The van der Waals surface area contributed by atoms with Gasteiger partial charge in [-0.2, -0.15) is 10.1 Å². The van der Waals surface area contributed by atoms with Gasteiger partial charge in [-0.25, -0.2) is 4.68 Å². The highest BCUT2D eigenvalue weighted by atomic mass is 16.5. The van der Waals surface area contributed by atoms with Gasteiger partial charge >= 0.3 is 0 Å². The number of fused-ring (bicyclic) bond motifs is 1. The van der Waals surface area contributed by atoms with E-state index >= 15 is 0 Å². The van der Waals surface area contributed by atoms with Crippen LogP contribution >= 0.6 is 0 Å². The van der Waals surface area contributed by atoms with Gasteiger partial charge in [0.05, 0.1) is 13.3 Å². The van der Waals surface area contributed by atoms with Crippen LogP contribution in [-0.2, 0) is 6.54 Å². The molecule has 1 atom stereocenters. The number of methoxy groups -OCH3 is 1. The molecular weight excluding hydrogens is 346 g/mol. The molecular formula is C19H25N5O3. The topological polar surface area (TPSA) is 105 Å². The molecule has 0 aliphatic rings. The molecule has 0 saturated carbocycles. The normalized spacial score (nSPS) is 12.7. The molecule has 0 saturated heterocycles. The van der Waals surface area contributed by atoms with E-state index in [0.717, 1.165) is 16.6 Å². The predicted octanol–water partition coefficient (Wildman–Crippen LogP) is 2.11. The molecule has 0 aliphatic carbocycles. The molecule has 3 heterocycles. The van der Waals surface area contributed by atoms with Crippen molar-refractivity contribution in [3.8, 4) is 5.88 Å². The fourth-order valence-corrected chi connectivity index (χ4v) is 3.14. The Bertz CT molecular complexity index is 1020. The van der Waals surface area contributed by atoms with Crippen molar-refractivity contribution in [1.82, 2.24) is 25.1 Å². The summed E-state index contributed by atoms with van der Waals surface area (Å²) in [5.74, 6) is 0.394. The molecule has 0 spiro atoms. The number of ether oxygens (including phenoxy) is 1. The van der Waals surface area contributed by atoms with Crippen molar-refractivity contribution in [1.29, 1.82) is 0 Å². The lowest BCUT2D eigenvalue weighted by atomic mass is 10.1. The molecule has 8 nitrogen and oxygen atoms in total. The van der Waals surface area contributed by atoms with Crippen molar-refractivity contribution in [2.24, 2.45) is 0 Å². The van der Waals surface area contributed by atoms with E-state index in [2.05, 4.69) is 20.4 Å². The smallest absolute Gasteiger partial charge is 0.252 e. The summed E-state index contributed by atoms with van der Waals surface area (Å²) in [6, 6.07) is 3.71. The number of aliphatic hydroxyl groups excluding tert-OH is 1. The second-order valence-electron chi connectivity index (χ2n) is 6.90. The first-order valence-electron chi connectivity index (χ1n) is 8.84.